The van der Waals surface area contributed by atoms with Crippen molar-refractivity contribution in [1.29, 1.82) is 0 Å². The maximum atomic E-state index is 11.8. The molecule has 3 N–H and O–H groups in total. The van der Waals surface area contributed by atoms with Crippen molar-refractivity contribution in [1.82, 2.24) is 10.6 Å². The molecule has 1 amide bonds. The first-order valence-electron chi connectivity index (χ1n) is 5.57. The molecule has 18 heavy (non-hydrogen) atoms. The Morgan fingerprint density at radius 1 is 1.44 bits per heavy atom. The summed E-state index contributed by atoms with van der Waals surface area (Å²) in [5, 5.41) is 15.2. The summed E-state index contributed by atoms with van der Waals surface area (Å²) in [7, 11) is 0. The molecule has 1 saturated heterocycles. The third-order valence-electron chi connectivity index (χ3n) is 2.77. The third kappa shape index (κ3) is 3.88. The van der Waals surface area contributed by atoms with E-state index in [1.807, 2.05) is 24.3 Å². The largest absolute Gasteiger partial charge is 0.392 e. The smallest absolute Gasteiger partial charge is 0.238 e. The number of aliphatic hydroxyl groups excluding tert-OH is 1. The molecular formula is C12H17ClN2O2S. The predicted octanol–water partition coefficient (Wildman–Crippen LogP) is 0.879. The minimum atomic E-state index is -0.0821. The zero-order valence-corrected chi connectivity index (χ0v) is 11.5. The van der Waals surface area contributed by atoms with Crippen LogP contribution in [-0.4, -0.2) is 28.7 Å². The topological polar surface area (TPSA) is 61.4 Å². The highest BCUT2D eigenvalue weighted by Gasteiger charge is 2.21. The van der Waals surface area contributed by atoms with Gasteiger partial charge >= 0.3 is 0 Å². The second kappa shape index (κ2) is 7.63. The van der Waals surface area contributed by atoms with E-state index >= 15 is 0 Å². The molecule has 1 aromatic carbocycles. The van der Waals surface area contributed by atoms with Crippen molar-refractivity contribution >= 4 is 30.1 Å². The summed E-state index contributed by atoms with van der Waals surface area (Å²) in [6.45, 7) is 0.474. The number of rotatable bonds is 4. The van der Waals surface area contributed by atoms with Gasteiger partial charge in [-0.2, -0.15) is 0 Å². The number of carbonyl (C=O) groups is 1. The lowest BCUT2D eigenvalue weighted by molar-refractivity contribution is -0.122. The van der Waals surface area contributed by atoms with Gasteiger partial charge in [0, 0.05) is 18.2 Å². The molecule has 1 aliphatic heterocycles. The second-order valence-corrected chi connectivity index (χ2v) is 4.95. The number of carbonyl (C=O) groups excluding carboxylic acids is 1. The Hall–Kier alpha value is -0.750. The van der Waals surface area contributed by atoms with Gasteiger partial charge < -0.3 is 10.4 Å². The van der Waals surface area contributed by atoms with E-state index in [-0.39, 0.29) is 31.0 Å². The molecule has 0 aromatic heterocycles. The van der Waals surface area contributed by atoms with Crippen molar-refractivity contribution in [3.63, 3.8) is 0 Å². The monoisotopic (exact) mass is 288 g/mol. The van der Waals surface area contributed by atoms with Gasteiger partial charge in [0.1, 0.15) is 0 Å². The summed E-state index contributed by atoms with van der Waals surface area (Å²) in [5.74, 6) is 1.70. The van der Waals surface area contributed by atoms with E-state index in [4.69, 9.17) is 5.11 Å². The van der Waals surface area contributed by atoms with Crippen LogP contribution >= 0.6 is 24.2 Å². The zero-order chi connectivity index (χ0) is 12.1. The SMILES string of the molecule is Cl.O=C(NCc1ccccc1CO)[C@H]1CSCN1. The summed E-state index contributed by atoms with van der Waals surface area (Å²) >= 11 is 1.73. The van der Waals surface area contributed by atoms with Crippen molar-refractivity contribution in [2.45, 2.75) is 19.2 Å². The van der Waals surface area contributed by atoms with Crippen LogP contribution in [0.15, 0.2) is 24.3 Å². The van der Waals surface area contributed by atoms with Crippen LogP contribution in [0.25, 0.3) is 0 Å². The van der Waals surface area contributed by atoms with Crippen molar-refractivity contribution < 1.29 is 9.90 Å². The highest BCUT2D eigenvalue weighted by molar-refractivity contribution is 7.99. The Morgan fingerprint density at radius 3 is 2.78 bits per heavy atom. The molecule has 0 unspecified atom stereocenters. The summed E-state index contributed by atoms with van der Waals surface area (Å²) in [6, 6.07) is 7.49. The van der Waals surface area contributed by atoms with Gasteiger partial charge in [-0.15, -0.1) is 24.2 Å². The van der Waals surface area contributed by atoms with Gasteiger partial charge in [0.15, 0.2) is 0 Å². The standard InChI is InChI=1S/C12H16N2O2S.ClH/c15-6-10-4-2-1-3-9(10)5-13-12(16)11-7-17-8-14-11;/h1-4,11,14-15H,5-8H2,(H,13,16);1H/t11-;/m1./s1. The van der Waals surface area contributed by atoms with Gasteiger partial charge in [0.2, 0.25) is 5.91 Å². The molecule has 4 nitrogen and oxygen atoms in total. The van der Waals surface area contributed by atoms with Gasteiger partial charge in [0.25, 0.3) is 0 Å². The summed E-state index contributed by atoms with van der Waals surface area (Å²) in [4.78, 5) is 11.8. The molecule has 0 aliphatic carbocycles. The molecule has 0 spiro atoms. The van der Waals surface area contributed by atoms with E-state index in [0.717, 1.165) is 22.8 Å². The van der Waals surface area contributed by atoms with Gasteiger partial charge in [-0.25, -0.2) is 0 Å². The molecule has 1 fully saturated rings. The van der Waals surface area contributed by atoms with Crippen molar-refractivity contribution in [2.75, 3.05) is 11.6 Å². The van der Waals surface area contributed by atoms with Crippen LogP contribution in [0.3, 0.4) is 0 Å². The maximum Gasteiger partial charge on any atom is 0.238 e. The predicted molar refractivity (Wildman–Crippen MR) is 75.7 cm³/mol. The number of hydrogen-bond donors (Lipinski definition) is 3. The fourth-order valence-electron chi connectivity index (χ4n) is 1.75. The Morgan fingerprint density at radius 2 is 2.17 bits per heavy atom. The molecule has 6 heteroatoms. The van der Waals surface area contributed by atoms with Crippen molar-refractivity contribution in [3.05, 3.63) is 35.4 Å². The lowest BCUT2D eigenvalue weighted by Gasteiger charge is -2.12. The molecule has 100 valence electrons. The highest BCUT2D eigenvalue weighted by Crippen LogP contribution is 2.11. The minimum absolute atomic E-state index is 0. The fourth-order valence-corrected chi connectivity index (χ4v) is 2.70. The van der Waals surface area contributed by atoms with E-state index in [2.05, 4.69) is 10.6 Å². The first-order chi connectivity index (χ1) is 8.31. The number of halogens is 1. The molecule has 0 saturated carbocycles. The van der Waals surface area contributed by atoms with Gasteiger partial charge in [0.05, 0.1) is 12.6 Å². The number of amides is 1. The quantitative estimate of drug-likeness (QED) is 0.770. The summed E-state index contributed by atoms with van der Waals surface area (Å²) in [6.07, 6.45) is 0. The second-order valence-electron chi connectivity index (χ2n) is 3.92. The summed E-state index contributed by atoms with van der Waals surface area (Å²) < 4.78 is 0. The van der Waals surface area contributed by atoms with Crippen molar-refractivity contribution in [3.8, 4) is 0 Å². The number of nitrogens with one attached hydrogen (secondary N) is 2. The number of hydrogen-bond acceptors (Lipinski definition) is 4. The number of benzene rings is 1. The summed E-state index contributed by atoms with van der Waals surface area (Å²) in [5.41, 5.74) is 1.83. The number of thioether (sulfide) groups is 1. The lowest BCUT2D eigenvalue weighted by Crippen LogP contribution is -2.41. The van der Waals surface area contributed by atoms with Crippen LogP contribution in [0.2, 0.25) is 0 Å². The van der Waals surface area contributed by atoms with Crippen LogP contribution in [0.4, 0.5) is 0 Å². The molecule has 0 radical (unpaired) electrons. The van der Waals surface area contributed by atoms with Gasteiger partial charge in [-0.1, -0.05) is 24.3 Å². The van der Waals surface area contributed by atoms with Crippen LogP contribution in [0, 0.1) is 0 Å². The highest BCUT2D eigenvalue weighted by atomic mass is 35.5. The van der Waals surface area contributed by atoms with Gasteiger partial charge in [-0.3, -0.25) is 10.1 Å². The normalized spacial score (nSPS) is 18.2. The van der Waals surface area contributed by atoms with Gasteiger partial charge in [-0.05, 0) is 11.1 Å². The van der Waals surface area contributed by atoms with E-state index in [1.165, 1.54) is 0 Å². The van der Waals surface area contributed by atoms with Crippen LogP contribution < -0.4 is 10.6 Å². The molecular weight excluding hydrogens is 272 g/mol. The molecule has 1 aromatic rings. The first-order valence-corrected chi connectivity index (χ1v) is 6.73. The third-order valence-corrected chi connectivity index (χ3v) is 3.71. The number of aliphatic hydroxyl groups is 1. The zero-order valence-electron chi connectivity index (χ0n) is 9.89. The van der Waals surface area contributed by atoms with E-state index < -0.39 is 0 Å². The van der Waals surface area contributed by atoms with E-state index in [1.54, 1.807) is 11.8 Å². The van der Waals surface area contributed by atoms with E-state index in [9.17, 15) is 4.79 Å². The first kappa shape index (κ1) is 15.3. The average molecular weight is 289 g/mol. The van der Waals surface area contributed by atoms with Crippen molar-refractivity contribution in [2.24, 2.45) is 0 Å². The van der Waals surface area contributed by atoms with Crippen LogP contribution in [-0.2, 0) is 17.9 Å². The molecule has 2 rings (SSSR count). The maximum absolute atomic E-state index is 11.8. The Bertz CT molecular complexity index is 397. The van der Waals surface area contributed by atoms with Crippen LogP contribution in [0.1, 0.15) is 11.1 Å². The molecule has 1 heterocycles. The average Bonchev–Trinajstić information content (AvgIpc) is 2.90. The van der Waals surface area contributed by atoms with E-state index in [0.29, 0.717) is 6.54 Å². The Kier molecular flexibility index (Phi) is 6.49. The molecule has 1 atom stereocenters. The molecule has 0 bridgehead atoms. The fraction of sp³-hybridized carbons (Fsp3) is 0.417. The lowest BCUT2D eigenvalue weighted by atomic mass is 10.1. The van der Waals surface area contributed by atoms with Crippen LogP contribution in [0.5, 0.6) is 0 Å². The molecule has 1 aliphatic rings. The minimum Gasteiger partial charge on any atom is -0.392 e. The Labute approximate surface area is 117 Å². The Balaban J connectivity index is 0.00000162.